The van der Waals surface area contributed by atoms with Crippen LogP contribution in [0.25, 0.3) is 0 Å². The lowest BCUT2D eigenvalue weighted by molar-refractivity contribution is -0.0564. The summed E-state index contributed by atoms with van der Waals surface area (Å²) in [6.45, 7) is 3.67. The Kier molecular flexibility index (Phi) is 7.32. The second-order valence-corrected chi connectivity index (χ2v) is 7.30. The van der Waals surface area contributed by atoms with Crippen molar-refractivity contribution in [2.45, 2.75) is 57.2 Å². The van der Waals surface area contributed by atoms with Crippen molar-refractivity contribution in [2.75, 3.05) is 33.4 Å². The van der Waals surface area contributed by atoms with Gasteiger partial charge in [0.05, 0.1) is 24.9 Å². The van der Waals surface area contributed by atoms with Gasteiger partial charge in [-0.05, 0) is 43.9 Å². The first-order valence-corrected chi connectivity index (χ1v) is 9.93. The summed E-state index contributed by atoms with van der Waals surface area (Å²) in [7, 11) is 1.39. The van der Waals surface area contributed by atoms with Gasteiger partial charge in [-0.1, -0.05) is 25.3 Å². The second-order valence-electron chi connectivity index (χ2n) is 7.30. The van der Waals surface area contributed by atoms with E-state index in [1.807, 2.05) is 12.1 Å². The Morgan fingerprint density at radius 3 is 2.54 bits per heavy atom. The zero-order valence-electron chi connectivity index (χ0n) is 15.8. The number of carbonyl (C=O) groups is 1. The number of hydrogen-bond acceptors (Lipinski definition) is 5. The second kappa shape index (κ2) is 9.93. The maximum Gasteiger partial charge on any atom is 0.337 e. The Bertz CT molecular complexity index is 563. The molecular weight excluding hydrogens is 330 g/mol. The Hall–Kier alpha value is -1.59. The summed E-state index contributed by atoms with van der Waals surface area (Å²) in [4.78, 5) is 14.0. The molecule has 2 fully saturated rings. The van der Waals surface area contributed by atoms with Crippen molar-refractivity contribution < 1.29 is 19.0 Å². The van der Waals surface area contributed by atoms with Crippen LogP contribution in [0.4, 0.5) is 0 Å². The van der Waals surface area contributed by atoms with Crippen molar-refractivity contribution in [1.29, 1.82) is 0 Å². The average Bonchev–Trinajstić information content (AvgIpc) is 2.70. The van der Waals surface area contributed by atoms with Crippen LogP contribution in [0, 0.1) is 0 Å². The smallest absolute Gasteiger partial charge is 0.337 e. The molecule has 0 bridgehead atoms. The molecule has 1 aliphatic carbocycles. The molecule has 0 N–H and O–H groups in total. The molecule has 1 heterocycles. The molecule has 0 radical (unpaired) electrons. The predicted octanol–water partition coefficient (Wildman–Crippen LogP) is 3.67. The highest BCUT2D eigenvalue weighted by atomic mass is 16.5. The van der Waals surface area contributed by atoms with E-state index < -0.39 is 0 Å². The number of esters is 1. The third kappa shape index (κ3) is 5.71. The summed E-state index contributed by atoms with van der Waals surface area (Å²) in [5.74, 6) is 0.374. The zero-order valence-corrected chi connectivity index (χ0v) is 15.8. The van der Waals surface area contributed by atoms with Crippen LogP contribution < -0.4 is 4.74 Å². The van der Waals surface area contributed by atoms with Crippen LogP contribution in [0.2, 0.25) is 0 Å². The zero-order chi connectivity index (χ0) is 18.2. The Morgan fingerprint density at radius 1 is 1.08 bits per heavy atom. The van der Waals surface area contributed by atoms with E-state index in [1.165, 1.54) is 39.2 Å². The number of likely N-dealkylation sites (tertiary alicyclic amines) is 1. The molecule has 0 aromatic heterocycles. The van der Waals surface area contributed by atoms with Crippen molar-refractivity contribution in [1.82, 2.24) is 4.90 Å². The van der Waals surface area contributed by atoms with Gasteiger partial charge < -0.3 is 14.2 Å². The number of benzene rings is 1. The van der Waals surface area contributed by atoms with Crippen molar-refractivity contribution in [3.8, 4) is 5.75 Å². The highest BCUT2D eigenvalue weighted by molar-refractivity contribution is 5.89. The summed E-state index contributed by atoms with van der Waals surface area (Å²) in [5.41, 5.74) is 0.519. The third-order valence-electron chi connectivity index (χ3n) is 5.40. The number of rotatable bonds is 7. The topological polar surface area (TPSA) is 48.0 Å². The summed E-state index contributed by atoms with van der Waals surface area (Å²) in [5, 5.41) is 0. The van der Waals surface area contributed by atoms with Gasteiger partial charge in [0.2, 0.25) is 0 Å². The Labute approximate surface area is 156 Å². The van der Waals surface area contributed by atoms with E-state index in [9.17, 15) is 4.79 Å². The monoisotopic (exact) mass is 361 g/mol. The first-order valence-electron chi connectivity index (χ1n) is 9.93. The van der Waals surface area contributed by atoms with Gasteiger partial charge in [-0.15, -0.1) is 0 Å². The molecule has 1 aromatic rings. The number of methoxy groups -OCH3 is 1. The molecule has 0 atom stereocenters. The molecule has 3 rings (SSSR count). The van der Waals surface area contributed by atoms with Crippen molar-refractivity contribution in [3.63, 3.8) is 0 Å². The van der Waals surface area contributed by atoms with E-state index in [-0.39, 0.29) is 5.97 Å². The van der Waals surface area contributed by atoms with Crippen molar-refractivity contribution >= 4 is 5.97 Å². The van der Waals surface area contributed by atoms with Gasteiger partial charge in [0.25, 0.3) is 0 Å². The van der Waals surface area contributed by atoms with Crippen molar-refractivity contribution in [3.05, 3.63) is 29.8 Å². The van der Waals surface area contributed by atoms with Crippen LogP contribution in [0.15, 0.2) is 24.3 Å². The first kappa shape index (κ1) is 19.2. The van der Waals surface area contributed by atoms with Crippen LogP contribution >= 0.6 is 0 Å². The maximum absolute atomic E-state index is 11.6. The number of carbonyl (C=O) groups excluding carboxylic acids is 1. The highest BCUT2D eigenvalue weighted by Crippen LogP contribution is 2.24. The lowest BCUT2D eigenvalue weighted by atomic mass is 9.97. The van der Waals surface area contributed by atoms with E-state index in [0.29, 0.717) is 30.1 Å². The molecular formula is C21H31NO4. The minimum atomic E-state index is -0.338. The van der Waals surface area contributed by atoms with Gasteiger partial charge in [0, 0.05) is 19.6 Å². The molecule has 5 nitrogen and oxygen atoms in total. The van der Waals surface area contributed by atoms with Crippen LogP contribution in [0.3, 0.4) is 0 Å². The fraction of sp³-hybridized carbons (Fsp3) is 0.667. The lowest BCUT2D eigenvalue weighted by Crippen LogP contribution is -2.40. The molecule has 0 unspecified atom stereocenters. The van der Waals surface area contributed by atoms with E-state index >= 15 is 0 Å². The molecule has 2 aliphatic rings. The minimum Gasteiger partial charge on any atom is -0.492 e. The number of nitrogens with zero attached hydrogens (tertiary/aromatic N) is 1. The Balaban J connectivity index is 1.34. The normalized spacial score (nSPS) is 20.0. The molecule has 26 heavy (non-hydrogen) atoms. The van der Waals surface area contributed by atoms with E-state index in [2.05, 4.69) is 4.90 Å². The van der Waals surface area contributed by atoms with Crippen LogP contribution in [0.5, 0.6) is 5.75 Å². The summed E-state index contributed by atoms with van der Waals surface area (Å²) in [6.07, 6.45) is 9.72. The lowest BCUT2D eigenvalue weighted by Gasteiger charge is -2.34. The van der Waals surface area contributed by atoms with Gasteiger partial charge in [-0.3, -0.25) is 4.90 Å². The molecule has 1 saturated carbocycles. The average molecular weight is 361 g/mol. The van der Waals surface area contributed by atoms with Crippen molar-refractivity contribution in [2.24, 2.45) is 0 Å². The predicted molar refractivity (Wildman–Crippen MR) is 101 cm³/mol. The minimum absolute atomic E-state index is 0.338. The third-order valence-corrected chi connectivity index (χ3v) is 5.40. The van der Waals surface area contributed by atoms with Crippen LogP contribution in [-0.2, 0) is 9.47 Å². The summed E-state index contributed by atoms with van der Waals surface area (Å²) in [6, 6.07) is 7.15. The Morgan fingerprint density at radius 2 is 1.81 bits per heavy atom. The van der Waals surface area contributed by atoms with Gasteiger partial charge in [-0.2, -0.15) is 0 Å². The highest BCUT2D eigenvalue weighted by Gasteiger charge is 2.23. The molecule has 5 heteroatoms. The fourth-order valence-electron chi connectivity index (χ4n) is 3.87. The molecule has 0 spiro atoms. The van der Waals surface area contributed by atoms with Gasteiger partial charge in [-0.25, -0.2) is 4.79 Å². The SMILES string of the molecule is COC(=O)c1cccc(OCCN2CCC(OC3CCCCC3)CC2)c1. The molecule has 1 aromatic carbocycles. The summed E-state index contributed by atoms with van der Waals surface area (Å²) >= 11 is 0. The van der Waals surface area contributed by atoms with E-state index in [0.717, 1.165) is 32.5 Å². The molecule has 1 saturated heterocycles. The quantitative estimate of drug-likeness (QED) is 0.694. The van der Waals surface area contributed by atoms with Gasteiger partial charge in [0.15, 0.2) is 0 Å². The molecule has 1 aliphatic heterocycles. The van der Waals surface area contributed by atoms with Gasteiger partial charge in [0.1, 0.15) is 12.4 Å². The van der Waals surface area contributed by atoms with E-state index in [1.54, 1.807) is 12.1 Å². The van der Waals surface area contributed by atoms with E-state index in [4.69, 9.17) is 14.2 Å². The largest absolute Gasteiger partial charge is 0.492 e. The maximum atomic E-state index is 11.6. The first-order chi connectivity index (χ1) is 12.7. The van der Waals surface area contributed by atoms with Crippen LogP contribution in [-0.4, -0.2) is 56.4 Å². The standard InChI is InChI=1S/C21H31NO4/c1-24-21(23)17-6-5-9-20(16-17)25-15-14-22-12-10-19(11-13-22)26-18-7-3-2-4-8-18/h5-6,9,16,18-19H,2-4,7-8,10-15H2,1H3. The number of hydrogen-bond donors (Lipinski definition) is 0. The molecule has 0 amide bonds. The molecule has 144 valence electrons. The number of piperidine rings is 1. The fourth-order valence-corrected chi connectivity index (χ4v) is 3.87. The van der Waals surface area contributed by atoms with Crippen LogP contribution in [0.1, 0.15) is 55.3 Å². The number of ether oxygens (including phenoxy) is 3. The summed E-state index contributed by atoms with van der Waals surface area (Å²) < 4.78 is 16.9. The van der Waals surface area contributed by atoms with Gasteiger partial charge >= 0.3 is 5.97 Å².